The van der Waals surface area contributed by atoms with Gasteiger partial charge in [-0.25, -0.2) is 0 Å². The number of unbranched alkanes of at least 4 members (excludes halogenated alkanes) is 1. The van der Waals surface area contributed by atoms with Crippen LogP contribution in [0.25, 0.3) is 0 Å². The summed E-state index contributed by atoms with van der Waals surface area (Å²) in [5.41, 5.74) is 0.463. The summed E-state index contributed by atoms with van der Waals surface area (Å²) >= 11 is 0. The Morgan fingerprint density at radius 2 is 1.12 bits per heavy atom. The average Bonchev–Trinajstić information content (AvgIpc) is 2.52. The Labute approximate surface area is 147 Å². The predicted octanol–water partition coefficient (Wildman–Crippen LogP) is -0.866. The highest BCUT2D eigenvalue weighted by atomic mass is 16.2. The quantitative estimate of drug-likeness (QED) is 0.338. The molecule has 9 heteroatoms. The van der Waals surface area contributed by atoms with Crippen LogP contribution in [-0.2, 0) is 24.0 Å². The van der Waals surface area contributed by atoms with Crippen molar-refractivity contribution in [3.05, 3.63) is 12.3 Å². The topological polar surface area (TPSA) is 133 Å². The van der Waals surface area contributed by atoms with Gasteiger partial charge in [0, 0.05) is 18.5 Å². The number of carbonyl (C=O) groups excluding carboxylic acids is 5. The van der Waals surface area contributed by atoms with Crippen molar-refractivity contribution in [2.75, 3.05) is 19.6 Å². The first-order valence-electron chi connectivity index (χ1n) is 7.95. The van der Waals surface area contributed by atoms with Crippen LogP contribution in [0, 0.1) is 0 Å². The molecule has 9 nitrogen and oxygen atoms in total. The molecular formula is C16H26N4O5. The molecule has 0 heterocycles. The van der Waals surface area contributed by atoms with Gasteiger partial charge in [-0.15, -0.1) is 0 Å². The van der Waals surface area contributed by atoms with Crippen LogP contribution in [0.2, 0.25) is 0 Å². The van der Waals surface area contributed by atoms with Crippen LogP contribution in [0.1, 0.15) is 39.5 Å². The standard InChI is InChI=1S/C16H26N4O5/c1-11(2)20-16(25)10-19-15(24)9-18-14(23)8-17-13(22)7-5-4-6-12(3)21/h1,4-10H2,2-3H3,(H,17,22)(H,18,23)(H,19,24)(H,20,25). The molecule has 0 rings (SSSR count). The summed E-state index contributed by atoms with van der Waals surface area (Å²) in [5.74, 6) is -1.67. The monoisotopic (exact) mass is 354 g/mol. The third kappa shape index (κ3) is 14.6. The Hall–Kier alpha value is -2.71. The summed E-state index contributed by atoms with van der Waals surface area (Å²) < 4.78 is 0. The van der Waals surface area contributed by atoms with Crippen LogP contribution >= 0.6 is 0 Å². The number of ketones is 1. The Kier molecular flexibility index (Phi) is 11.3. The smallest absolute Gasteiger partial charge is 0.243 e. The molecule has 0 aromatic heterocycles. The zero-order chi connectivity index (χ0) is 19.2. The van der Waals surface area contributed by atoms with Crippen LogP contribution in [0.3, 0.4) is 0 Å². The minimum atomic E-state index is -0.527. The Balaban J connectivity index is 3.76. The second kappa shape index (κ2) is 12.7. The maximum atomic E-state index is 11.5. The van der Waals surface area contributed by atoms with Crippen molar-refractivity contribution in [2.24, 2.45) is 0 Å². The summed E-state index contributed by atoms with van der Waals surface area (Å²) in [7, 11) is 0. The van der Waals surface area contributed by atoms with E-state index in [0.29, 0.717) is 25.0 Å². The van der Waals surface area contributed by atoms with Crippen molar-refractivity contribution in [1.29, 1.82) is 0 Å². The fraction of sp³-hybridized carbons (Fsp3) is 0.562. The van der Waals surface area contributed by atoms with Gasteiger partial charge in [-0.05, 0) is 26.7 Å². The van der Waals surface area contributed by atoms with Gasteiger partial charge in [0.1, 0.15) is 5.78 Å². The molecule has 25 heavy (non-hydrogen) atoms. The van der Waals surface area contributed by atoms with E-state index >= 15 is 0 Å². The molecule has 0 aromatic carbocycles. The zero-order valence-electron chi connectivity index (χ0n) is 14.7. The number of carbonyl (C=O) groups is 5. The zero-order valence-corrected chi connectivity index (χ0v) is 14.7. The SMILES string of the molecule is C=C(C)NC(=O)CNC(=O)CNC(=O)CNC(=O)CCCCC(C)=O. The van der Waals surface area contributed by atoms with E-state index in [2.05, 4.69) is 27.8 Å². The van der Waals surface area contributed by atoms with E-state index in [0.717, 1.165) is 0 Å². The largest absolute Gasteiger partial charge is 0.347 e. The van der Waals surface area contributed by atoms with E-state index in [4.69, 9.17) is 0 Å². The molecule has 140 valence electrons. The fourth-order valence-electron chi connectivity index (χ4n) is 1.69. The molecule has 0 saturated carbocycles. The highest BCUT2D eigenvalue weighted by Crippen LogP contribution is 1.99. The molecule has 0 radical (unpaired) electrons. The normalized spacial score (nSPS) is 9.68. The van der Waals surface area contributed by atoms with E-state index in [1.165, 1.54) is 6.92 Å². The summed E-state index contributed by atoms with van der Waals surface area (Å²) in [5, 5.41) is 9.50. The molecule has 0 aliphatic carbocycles. The number of hydrogen-bond acceptors (Lipinski definition) is 5. The molecule has 4 N–H and O–H groups in total. The number of amides is 4. The van der Waals surface area contributed by atoms with Gasteiger partial charge in [0.15, 0.2) is 0 Å². The molecule has 0 fully saturated rings. The van der Waals surface area contributed by atoms with Crippen LogP contribution in [0.15, 0.2) is 12.3 Å². The average molecular weight is 354 g/mol. The van der Waals surface area contributed by atoms with E-state index < -0.39 is 17.7 Å². The van der Waals surface area contributed by atoms with Crippen molar-refractivity contribution >= 4 is 29.4 Å². The van der Waals surface area contributed by atoms with Gasteiger partial charge in [0.25, 0.3) is 0 Å². The van der Waals surface area contributed by atoms with E-state index in [-0.39, 0.29) is 37.7 Å². The molecule has 0 unspecified atom stereocenters. The molecule has 0 atom stereocenters. The first-order valence-corrected chi connectivity index (χ1v) is 7.95. The van der Waals surface area contributed by atoms with Gasteiger partial charge in [0.2, 0.25) is 23.6 Å². The first-order chi connectivity index (χ1) is 11.7. The highest BCUT2D eigenvalue weighted by molar-refractivity contribution is 5.90. The van der Waals surface area contributed by atoms with Gasteiger partial charge in [-0.3, -0.25) is 19.2 Å². The minimum Gasteiger partial charge on any atom is -0.347 e. The van der Waals surface area contributed by atoms with Gasteiger partial charge in [-0.2, -0.15) is 0 Å². The molecule has 0 saturated heterocycles. The number of nitrogens with one attached hydrogen (secondary N) is 4. The van der Waals surface area contributed by atoms with E-state index in [1.807, 2.05) is 0 Å². The summed E-state index contributed by atoms with van der Waals surface area (Å²) in [6.07, 6.45) is 1.88. The molecule has 0 bridgehead atoms. The van der Waals surface area contributed by atoms with Crippen molar-refractivity contribution in [3.63, 3.8) is 0 Å². The Morgan fingerprint density at radius 1 is 0.680 bits per heavy atom. The second-order valence-corrected chi connectivity index (χ2v) is 5.57. The van der Waals surface area contributed by atoms with Crippen LogP contribution in [0.5, 0.6) is 0 Å². The predicted molar refractivity (Wildman–Crippen MR) is 91.1 cm³/mol. The summed E-state index contributed by atoms with van der Waals surface area (Å²) in [6, 6.07) is 0. The van der Waals surface area contributed by atoms with Crippen molar-refractivity contribution in [2.45, 2.75) is 39.5 Å². The molecule has 0 aliphatic heterocycles. The number of allylic oxidation sites excluding steroid dienone is 1. The van der Waals surface area contributed by atoms with Crippen LogP contribution < -0.4 is 21.3 Å². The highest BCUT2D eigenvalue weighted by Gasteiger charge is 2.09. The van der Waals surface area contributed by atoms with Gasteiger partial charge in [-0.1, -0.05) is 6.58 Å². The van der Waals surface area contributed by atoms with Crippen molar-refractivity contribution < 1.29 is 24.0 Å². The molecular weight excluding hydrogens is 328 g/mol. The van der Waals surface area contributed by atoms with Gasteiger partial charge < -0.3 is 26.1 Å². The lowest BCUT2D eigenvalue weighted by molar-refractivity contribution is -0.128. The molecule has 4 amide bonds. The minimum absolute atomic E-state index is 0.0789. The lowest BCUT2D eigenvalue weighted by Gasteiger charge is -2.08. The van der Waals surface area contributed by atoms with Crippen LogP contribution in [-0.4, -0.2) is 49.0 Å². The summed E-state index contributed by atoms with van der Waals surface area (Å²) in [4.78, 5) is 56.5. The lowest BCUT2D eigenvalue weighted by atomic mass is 10.1. The second-order valence-electron chi connectivity index (χ2n) is 5.57. The molecule has 0 aromatic rings. The van der Waals surface area contributed by atoms with E-state index in [9.17, 15) is 24.0 Å². The molecule has 0 aliphatic rings. The van der Waals surface area contributed by atoms with Gasteiger partial charge in [0.05, 0.1) is 19.6 Å². The number of rotatable bonds is 12. The maximum absolute atomic E-state index is 11.5. The maximum Gasteiger partial charge on any atom is 0.243 e. The van der Waals surface area contributed by atoms with Crippen molar-refractivity contribution in [3.8, 4) is 0 Å². The number of Topliss-reactive ketones (excluding diaryl/α,β-unsaturated/α-hetero) is 1. The van der Waals surface area contributed by atoms with Gasteiger partial charge >= 0.3 is 0 Å². The Morgan fingerprint density at radius 3 is 1.60 bits per heavy atom. The van der Waals surface area contributed by atoms with Crippen molar-refractivity contribution in [1.82, 2.24) is 21.3 Å². The fourth-order valence-corrected chi connectivity index (χ4v) is 1.69. The Bertz CT molecular complexity index is 531. The summed E-state index contributed by atoms with van der Waals surface area (Å²) in [6.45, 7) is 5.84. The first kappa shape index (κ1) is 22.3. The third-order valence-corrected chi connectivity index (χ3v) is 2.87. The molecule has 0 spiro atoms. The third-order valence-electron chi connectivity index (χ3n) is 2.87. The lowest BCUT2D eigenvalue weighted by Crippen LogP contribution is -2.44. The van der Waals surface area contributed by atoms with E-state index in [1.54, 1.807) is 6.92 Å². The van der Waals surface area contributed by atoms with Crippen LogP contribution in [0.4, 0.5) is 0 Å². The number of hydrogen-bond donors (Lipinski definition) is 4.